The molecule has 0 spiro atoms. The average Bonchev–Trinajstić information content (AvgIpc) is 3.42. The van der Waals surface area contributed by atoms with Gasteiger partial charge in [0.15, 0.2) is 0 Å². The largest absolute Gasteiger partial charge is 0.494 e. The van der Waals surface area contributed by atoms with E-state index in [0.717, 1.165) is 78.3 Å². The monoisotopic (exact) mass is 1040 g/mol. The van der Waals surface area contributed by atoms with Gasteiger partial charge in [-0.2, -0.15) is 0 Å². The zero-order chi connectivity index (χ0) is 54.6. The van der Waals surface area contributed by atoms with Crippen LogP contribution in [0.3, 0.4) is 0 Å². The van der Waals surface area contributed by atoms with Gasteiger partial charge in [-0.25, -0.2) is 9.59 Å². The van der Waals surface area contributed by atoms with Crippen molar-refractivity contribution < 1.29 is 57.7 Å². The third-order valence-electron chi connectivity index (χ3n) is 13.4. The molecule has 2 N–H and O–H groups in total. The molecule has 0 saturated heterocycles. The Morgan fingerprint density at radius 3 is 0.714 bits per heavy atom. The molecule has 17 rings (SSSR count). The molecule has 0 radical (unpaired) electrons. The van der Waals surface area contributed by atoms with Gasteiger partial charge in [0.2, 0.25) is 0 Å². The van der Waals surface area contributed by atoms with Gasteiger partial charge in [0, 0.05) is 76.6 Å². The first-order chi connectivity index (χ1) is 37.4. The highest BCUT2D eigenvalue weighted by atomic mass is 16.5. The third kappa shape index (κ3) is 12.8. The van der Waals surface area contributed by atoms with Gasteiger partial charge in [0.1, 0.15) is 46.0 Å². The molecule has 10 aliphatic carbocycles. The minimum atomic E-state index is -1.05. The first-order valence-electron chi connectivity index (χ1n) is 26.9. The van der Waals surface area contributed by atoms with Gasteiger partial charge >= 0.3 is 11.9 Å². The standard InChI is InChI=1S/C65H70O12/c1-9-70-56-34-48-27-50-36-62(76-15-7)52(38-60(50)74-13-5)29-53-39-61(75-14-6)51(37-63(53)77-16-8)28-49-35-57(71-10-2)47(33-59(49)73-12-4)26-45-31-54(40-19-17-21-42(23-40)64(66)67)44(25-46(56)32-58(48)72-11-3)30-55(45)41-20-18-22-43(24-41)65(68)69/h17-24,30-39H,9-16,25-29H2,1-8H3,(H,66,67)(H,68,69). The number of aromatic carboxylic acids is 2. The van der Waals surface area contributed by atoms with Crippen molar-refractivity contribution >= 4 is 11.9 Å². The fraction of sp³-hybridized carbons (Fsp3) is 0.323. The van der Waals surface area contributed by atoms with Crippen molar-refractivity contribution in [3.63, 3.8) is 0 Å². The second-order valence-electron chi connectivity index (χ2n) is 18.6. The smallest absolute Gasteiger partial charge is 0.335 e. The van der Waals surface area contributed by atoms with Crippen LogP contribution >= 0.6 is 0 Å². The molecule has 0 aliphatic heterocycles. The summed E-state index contributed by atoms with van der Waals surface area (Å²) < 4.78 is 52.0. The highest BCUT2D eigenvalue weighted by molar-refractivity contribution is 5.91. The van der Waals surface area contributed by atoms with Crippen molar-refractivity contribution in [2.24, 2.45) is 0 Å². The molecule has 0 fully saturated rings. The second-order valence-corrected chi connectivity index (χ2v) is 18.6. The molecule has 402 valence electrons. The first kappa shape index (κ1) is 55.1. The predicted octanol–water partition coefficient (Wildman–Crippen LogP) is 13.9. The first-order valence-corrected chi connectivity index (χ1v) is 26.9. The summed E-state index contributed by atoms with van der Waals surface area (Å²) >= 11 is 0. The lowest BCUT2D eigenvalue weighted by atomic mass is 9.85. The van der Waals surface area contributed by atoms with E-state index in [4.69, 9.17) is 37.9 Å². The molecular weight excluding hydrogens is 973 g/mol. The van der Waals surface area contributed by atoms with Crippen LogP contribution in [-0.2, 0) is 32.1 Å². The molecule has 7 aromatic rings. The van der Waals surface area contributed by atoms with Gasteiger partial charge in [0.25, 0.3) is 0 Å². The maximum absolute atomic E-state index is 12.6. The van der Waals surface area contributed by atoms with Crippen molar-refractivity contribution in [2.45, 2.75) is 87.5 Å². The van der Waals surface area contributed by atoms with Gasteiger partial charge in [0.05, 0.1) is 64.0 Å². The fourth-order valence-electron chi connectivity index (χ4n) is 10.2. The van der Waals surface area contributed by atoms with E-state index in [0.29, 0.717) is 131 Å². The van der Waals surface area contributed by atoms with Crippen molar-refractivity contribution in [1.29, 1.82) is 0 Å². The Morgan fingerprint density at radius 2 is 0.519 bits per heavy atom. The van der Waals surface area contributed by atoms with Crippen molar-refractivity contribution in [2.75, 3.05) is 52.9 Å². The molecule has 12 nitrogen and oxygen atoms in total. The van der Waals surface area contributed by atoms with E-state index in [1.165, 1.54) is 0 Å². The Labute approximate surface area is 452 Å². The van der Waals surface area contributed by atoms with Crippen molar-refractivity contribution in [1.82, 2.24) is 0 Å². The zero-order valence-electron chi connectivity index (χ0n) is 45.6. The van der Waals surface area contributed by atoms with Crippen LogP contribution in [0.15, 0.2) is 109 Å². The number of carbonyl (C=O) groups is 2. The van der Waals surface area contributed by atoms with E-state index in [9.17, 15) is 19.8 Å². The molecule has 77 heavy (non-hydrogen) atoms. The number of hydrogen-bond donors (Lipinski definition) is 2. The number of benzene rings is 7. The molecule has 0 saturated carbocycles. The second kappa shape index (κ2) is 25.6. The highest BCUT2D eigenvalue weighted by Crippen LogP contribution is 2.44. The molecule has 0 atom stereocenters. The van der Waals surface area contributed by atoms with Crippen LogP contribution in [0.25, 0.3) is 22.3 Å². The Hall–Kier alpha value is -8.12. The van der Waals surface area contributed by atoms with E-state index in [1.54, 1.807) is 36.4 Å². The van der Waals surface area contributed by atoms with Crippen LogP contribution in [-0.4, -0.2) is 75.0 Å². The highest BCUT2D eigenvalue weighted by Gasteiger charge is 2.25. The lowest BCUT2D eigenvalue weighted by Gasteiger charge is -2.22. The zero-order valence-corrected chi connectivity index (χ0v) is 45.6. The SMILES string of the molecule is CCOc1cc2c(OCC)cc1Cc1cc(OCC)c(cc1OCC)Cc1cc(OCC)c(cc1OCC)Cc1cc(-c3cccc(C(=O)O)c3)c(cc1-c1cccc(C(=O)O)c1)Cc1cc(OCC)c(cc1OCC)C2. The minimum Gasteiger partial charge on any atom is -0.494 e. The van der Waals surface area contributed by atoms with E-state index in [1.807, 2.05) is 91.8 Å². The summed E-state index contributed by atoms with van der Waals surface area (Å²) in [5.41, 5.74) is 12.1. The quantitative estimate of drug-likeness (QED) is 0.0748. The number of carboxylic acid groups (broad SMARTS) is 2. The number of ether oxygens (including phenoxy) is 8. The third-order valence-corrected chi connectivity index (χ3v) is 13.4. The van der Waals surface area contributed by atoms with Gasteiger partial charge in [-0.05, 0) is 174 Å². The van der Waals surface area contributed by atoms with Crippen LogP contribution in [0, 0.1) is 0 Å². The van der Waals surface area contributed by atoms with E-state index < -0.39 is 11.9 Å². The summed E-state index contributed by atoms with van der Waals surface area (Å²) in [7, 11) is 0. The van der Waals surface area contributed by atoms with Gasteiger partial charge < -0.3 is 48.1 Å². The van der Waals surface area contributed by atoms with Gasteiger partial charge in [-0.1, -0.05) is 24.3 Å². The lowest BCUT2D eigenvalue weighted by Crippen LogP contribution is -2.08. The van der Waals surface area contributed by atoms with Crippen molar-refractivity contribution in [3.05, 3.63) is 176 Å². The van der Waals surface area contributed by atoms with Crippen LogP contribution < -0.4 is 37.9 Å². The molecule has 12 heteroatoms. The summed E-state index contributed by atoms with van der Waals surface area (Å²) in [5.74, 6) is 3.42. The molecule has 0 heterocycles. The van der Waals surface area contributed by atoms with E-state index in [2.05, 4.69) is 36.4 Å². The topological polar surface area (TPSA) is 148 Å². The normalized spacial score (nSPS) is 12.0. The summed E-state index contributed by atoms with van der Waals surface area (Å²) in [5, 5.41) is 20.6. The Balaban J connectivity index is 1.49. The molecule has 0 amide bonds. The average molecular weight is 1040 g/mol. The number of hydrogen-bond acceptors (Lipinski definition) is 10. The molecular formula is C65H70O12. The maximum Gasteiger partial charge on any atom is 0.335 e. The van der Waals surface area contributed by atoms with Gasteiger partial charge in [-0.15, -0.1) is 0 Å². The Bertz CT molecular complexity index is 3030. The summed E-state index contributed by atoms with van der Waals surface area (Å²) in [4.78, 5) is 25.2. The molecule has 10 bridgehead atoms. The molecule has 0 unspecified atom stereocenters. The van der Waals surface area contributed by atoms with Crippen LogP contribution in [0.5, 0.6) is 46.0 Å². The summed E-state index contributed by atoms with van der Waals surface area (Å²) in [6.45, 7) is 19.0. The maximum atomic E-state index is 12.6. The van der Waals surface area contributed by atoms with Crippen LogP contribution in [0.1, 0.15) is 132 Å². The lowest BCUT2D eigenvalue weighted by molar-refractivity contribution is 0.0686. The van der Waals surface area contributed by atoms with E-state index >= 15 is 0 Å². The van der Waals surface area contributed by atoms with E-state index in [-0.39, 0.29) is 11.1 Å². The number of carboxylic acids is 2. The Kier molecular flexibility index (Phi) is 18.3. The summed E-state index contributed by atoms with van der Waals surface area (Å²) in [6, 6.07) is 34.6. The Morgan fingerprint density at radius 1 is 0.312 bits per heavy atom. The minimum absolute atomic E-state index is 0.139. The van der Waals surface area contributed by atoms with Crippen molar-refractivity contribution in [3.8, 4) is 68.2 Å². The predicted molar refractivity (Wildman–Crippen MR) is 300 cm³/mol. The summed E-state index contributed by atoms with van der Waals surface area (Å²) in [6.07, 6.45) is 2.00. The van der Waals surface area contributed by atoms with Gasteiger partial charge in [-0.3, -0.25) is 0 Å². The number of rotatable bonds is 20. The van der Waals surface area contributed by atoms with Crippen LogP contribution in [0.2, 0.25) is 0 Å². The fourth-order valence-corrected chi connectivity index (χ4v) is 10.2. The van der Waals surface area contributed by atoms with Crippen LogP contribution in [0.4, 0.5) is 0 Å². The molecule has 7 aromatic carbocycles. The molecule has 0 aromatic heterocycles. The molecule has 10 aliphatic rings.